The SMILES string of the molecule is CCNc1ccc(N2CCN(S(=O)(=O)c3cn(CC)c(C)n3)CC2)nn1. The average molecular weight is 379 g/mol. The minimum Gasteiger partial charge on any atom is -0.369 e. The summed E-state index contributed by atoms with van der Waals surface area (Å²) in [4.78, 5) is 6.27. The smallest absolute Gasteiger partial charge is 0.262 e. The normalized spacial score (nSPS) is 16.0. The number of nitrogens with zero attached hydrogens (tertiary/aromatic N) is 6. The van der Waals surface area contributed by atoms with Gasteiger partial charge in [0.2, 0.25) is 0 Å². The van der Waals surface area contributed by atoms with Crippen molar-refractivity contribution in [3.05, 3.63) is 24.2 Å². The Labute approximate surface area is 154 Å². The molecule has 10 heteroatoms. The lowest BCUT2D eigenvalue weighted by atomic mass is 10.3. The highest BCUT2D eigenvalue weighted by Crippen LogP contribution is 2.20. The van der Waals surface area contributed by atoms with E-state index in [9.17, 15) is 8.42 Å². The lowest BCUT2D eigenvalue weighted by molar-refractivity contribution is 0.382. The Hall–Kier alpha value is -2.20. The van der Waals surface area contributed by atoms with Crippen LogP contribution in [0.4, 0.5) is 11.6 Å². The van der Waals surface area contributed by atoms with Gasteiger partial charge in [-0.25, -0.2) is 13.4 Å². The van der Waals surface area contributed by atoms with Gasteiger partial charge in [0, 0.05) is 45.5 Å². The summed E-state index contributed by atoms with van der Waals surface area (Å²) in [7, 11) is -3.56. The Kier molecular flexibility index (Phi) is 5.42. The Balaban J connectivity index is 1.67. The molecular formula is C16H25N7O2S. The molecule has 1 N–H and O–H groups in total. The molecule has 3 rings (SSSR count). The van der Waals surface area contributed by atoms with E-state index in [1.54, 1.807) is 6.20 Å². The van der Waals surface area contributed by atoms with E-state index in [0.717, 1.165) is 18.2 Å². The van der Waals surface area contributed by atoms with E-state index in [-0.39, 0.29) is 5.03 Å². The van der Waals surface area contributed by atoms with Crippen LogP contribution in [0.5, 0.6) is 0 Å². The van der Waals surface area contributed by atoms with Crippen molar-refractivity contribution in [1.29, 1.82) is 0 Å². The predicted octanol–water partition coefficient (Wildman–Crippen LogP) is 0.944. The zero-order valence-corrected chi connectivity index (χ0v) is 16.2. The van der Waals surface area contributed by atoms with Crippen LogP contribution in [0, 0.1) is 6.92 Å². The van der Waals surface area contributed by atoms with Gasteiger partial charge in [-0.1, -0.05) is 0 Å². The van der Waals surface area contributed by atoms with Crippen LogP contribution in [0.15, 0.2) is 23.4 Å². The van der Waals surface area contributed by atoms with Crippen molar-refractivity contribution in [2.24, 2.45) is 0 Å². The molecule has 142 valence electrons. The van der Waals surface area contributed by atoms with Gasteiger partial charge in [0.1, 0.15) is 11.6 Å². The second-order valence-corrected chi connectivity index (χ2v) is 8.00. The maximum Gasteiger partial charge on any atom is 0.262 e. The number of sulfonamides is 1. The molecule has 26 heavy (non-hydrogen) atoms. The molecule has 1 aliphatic rings. The van der Waals surface area contributed by atoms with Crippen LogP contribution < -0.4 is 10.2 Å². The van der Waals surface area contributed by atoms with Crippen molar-refractivity contribution in [3.63, 3.8) is 0 Å². The van der Waals surface area contributed by atoms with Crippen LogP contribution in [0.25, 0.3) is 0 Å². The van der Waals surface area contributed by atoms with Crippen LogP contribution in [0.1, 0.15) is 19.7 Å². The van der Waals surface area contributed by atoms with Gasteiger partial charge in [-0.05, 0) is 32.9 Å². The summed E-state index contributed by atoms with van der Waals surface area (Å²) in [5, 5.41) is 11.6. The van der Waals surface area contributed by atoms with Crippen LogP contribution >= 0.6 is 0 Å². The Morgan fingerprint density at radius 2 is 1.85 bits per heavy atom. The maximum atomic E-state index is 12.8. The third-order valence-electron chi connectivity index (χ3n) is 4.47. The molecule has 0 unspecified atom stereocenters. The number of aryl methyl sites for hydroxylation is 2. The second-order valence-electron chi connectivity index (χ2n) is 6.11. The summed E-state index contributed by atoms with van der Waals surface area (Å²) < 4.78 is 29.0. The molecule has 0 amide bonds. The maximum absolute atomic E-state index is 12.8. The van der Waals surface area contributed by atoms with Crippen molar-refractivity contribution < 1.29 is 8.42 Å². The second kappa shape index (κ2) is 7.58. The number of imidazole rings is 1. The zero-order chi connectivity index (χ0) is 18.7. The van der Waals surface area contributed by atoms with Crippen LogP contribution in [0.3, 0.4) is 0 Å². The Morgan fingerprint density at radius 1 is 1.12 bits per heavy atom. The summed E-state index contributed by atoms with van der Waals surface area (Å²) in [5.41, 5.74) is 0. The molecule has 2 aromatic rings. The Morgan fingerprint density at radius 3 is 2.38 bits per heavy atom. The van der Waals surface area contributed by atoms with E-state index < -0.39 is 10.0 Å². The summed E-state index contributed by atoms with van der Waals surface area (Å²) in [6.07, 6.45) is 1.61. The lowest BCUT2D eigenvalue weighted by Gasteiger charge is -2.33. The zero-order valence-electron chi connectivity index (χ0n) is 15.4. The van der Waals surface area contributed by atoms with E-state index in [1.165, 1.54) is 4.31 Å². The molecule has 1 fully saturated rings. The Bertz CT molecular complexity index is 840. The largest absolute Gasteiger partial charge is 0.369 e. The van der Waals surface area contributed by atoms with E-state index in [4.69, 9.17) is 0 Å². The fourth-order valence-electron chi connectivity index (χ4n) is 2.98. The van der Waals surface area contributed by atoms with Crippen molar-refractivity contribution >= 4 is 21.7 Å². The minimum atomic E-state index is -3.56. The topological polar surface area (TPSA) is 96.2 Å². The molecule has 2 aromatic heterocycles. The number of rotatable bonds is 6. The first kappa shape index (κ1) is 18.6. The fourth-order valence-corrected chi connectivity index (χ4v) is 4.40. The minimum absolute atomic E-state index is 0.125. The number of hydrogen-bond acceptors (Lipinski definition) is 7. The average Bonchev–Trinajstić information content (AvgIpc) is 3.04. The van der Waals surface area contributed by atoms with Crippen LogP contribution in [0.2, 0.25) is 0 Å². The quantitative estimate of drug-likeness (QED) is 0.798. The van der Waals surface area contributed by atoms with Gasteiger partial charge < -0.3 is 14.8 Å². The van der Waals surface area contributed by atoms with Crippen molar-refractivity contribution in [3.8, 4) is 0 Å². The summed E-state index contributed by atoms with van der Waals surface area (Å²) in [6.45, 7) is 9.21. The molecular weight excluding hydrogens is 354 g/mol. The van der Waals surface area contributed by atoms with E-state index in [0.29, 0.717) is 38.5 Å². The number of aromatic nitrogens is 4. The molecule has 0 radical (unpaired) electrons. The number of piperazine rings is 1. The standard InChI is InChI=1S/C16H25N7O2S/c1-4-17-14-6-7-15(20-19-14)22-8-10-23(11-9-22)26(24,25)16-12-21(5-2)13(3)18-16/h6-7,12H,4-5,8-11H2,1-3H3,(H,17,19). The number of hydrogen-bond donors (Lipinski definition) is 1. The molecule has 0 aromatic carbocycles. The van der Waals surface area contributed by atoms with Crippen LogP contribution in [-0.2, 0) is 16.6 Å². The van der Waals surface area contributed by atoms with Gasteiger partial charge in [0.05, 0.1) is 0 Å². The molecule has 0 saturated carbocycles. The van der Waals surface area contributed by atoms with E-state index >= 15 is 0 Å². The highest BCUT2D eigenvalue weighted by Gasteiger charge is 2.31. The highest BCUT2D eigenvalue weighted by molar-refractivity contribution is 7.89. The molecule has 1 saturated heterocycles. The summed E-state index contributed by atoms with van der Waals surface area (Å²) >= 11 is 0. The first-order valence-electron chi connectivity index (χ1n) is 8.82. The van der Waals surface area contributed by atoms with Gasteiger partial charge in [-0.15, -0.1) is 10.2 Å². The number of nitrogens with one attached hydrogen (secondary N) is 1. The van der Waals surface area contributed by atoms with E-state index in [2.05, 4.69) is 20.5 Å². The highest BCUT2D eigenvalue weighted by atomic mass is 32.2. The summed E-state index contributed by atoms with van der Waals surface area (Å²) in [5.74, 6) is 2.20. The first-order chi connectivity index (χ1) is 12.5. The number of anilines is 2. The van der Waals surface area contributed by atoms with Crippen LogP contribution in [-0.4, -0.2) is 65.2 Å². The van der Waals surface area contributed by atoms with Crippen molar-refractivity contribution in [1.82, 2.24) is 24.1 Å². The van der Waals surface area contributed by atoms with Gasteiger partial charge in [-0.3, -0.25) is 0 Å². The monoisotopic (exact) mass is 379 g/mol. The van der Waals surface area contributed by atoms with Crippen molar-refractivity contribution in [2.75, 3.05) is 42.9 Å². The molecule has 1 aliphatic heterocycles. The van der Waals surface area contributed by atoms with Gasteiger partial charge >= 0.3 is 0 Å². The molecule has 0 atom stereocenters. The lowest BCUT2D eigenvalue weighted by Crippen LogP contribution is -2.49. The third kappa shape index (κ3) is 3.65. The first-order valence-corrected chi connectivity index (χ1v) is 10.3. The fraction of sp³-hybridized carbons (Fsp3) is 0.562. The molecule has 3 heterocycles. The predicted molar refractivity (Wildman–Crippen MR) is 99.8 cm³/mol. The molecule has 0 bridgehead atoms. The molecule has 0 spiro atoms. The van der Waals surface area contributed by atoms with Gasteiger partial charge in [0.15, 0.2) is 10.8 Å². The molecule has 0 aliphatic carbocycles. The van der Waals surface area contributed by atoms with E-state index in [1.807, 2.05) is 42.4 Å². The van der Waals surface area contributed by atoms with Crippen molar-refractivity contribution in [2.45, 2.75) is 32.3 Å². The van der Waals surface area contributed by atoms with Gasteiger partial charge in [0.25, 0.3) is 10.0 Å². The summed E-state index contributed by atoms with van der Waals surface area (Å²) in [6, 6.07) is 3.79. The third-order valence-corrected chi connectivity index (χ3v) is 6.24. The van der Waals surface area contributed by atoms with Gasteiger partial charge in [-0.2, -0.15) is 4.31 Å². The molecule has 9 nitrogen and oxygen atoms in total.